The number of nitro groups is 2. The van der Waals surface area contributed by atoms with Gasteiger partial charge in [-0.2, -0.15) is 0 Å². The average molecular weight is 680 g/mol. The normalized spacial score (nSPS) is 12.6. The molecule has 0 bridgehead atoms. The third kappa shape index (κ3) is 5.63. The standard InChI is InChI=1S/C16H12Br4N2O6S/c17-15(18,9-11-1-5-13(6-2-11)21(23)24)29(27,28)16(19,20)10-12-3-7-14(8-4-12)22(25)26/h1-8H,9-10H2. The summed E-state index contributed by atoms with van der Waals surface area (Å²) in [5.41, 5.74) is 0.915. The first-order valence-corrected chi connectivity index (χ1v) is 12.4. The Morgan fingerprint density at radius 2 is 0.966 bits per heavy atom. The number of non-ortho nitro benzene ring substituents is 2. The molecule has 0 aliphatic rings. The van der Waals surface area contributed by atoms with E-state index >= 15 is 0 Å². The predicted molar refractivity (Wildman–Crippen MR) is 124 cm³/mol. The maximum atomic E-state index is 13.2. The van der Waals surface area contributed by atoms with Gasteiger partial charge in [0.05, 0.1) is 9.85 Å². The Balaban J connectivity index is 2.24. The summed E-state index contributed by atoms with van der Waals surface area (Å²) in [7, 11) is -3.99. The van der Waals surface area contributed by atoms with Crippen LogP contribution in [0.1, 0.15) is 11.1 Å². The number of halogens is 4. The highest BCUT2D eigenvalue weighted by Crippen LogP contribution is 2.49. The summed E-state index contributed by atoms with van der Waals surface area (Å²) in [4.78, 5) is 20.4. The van der Waals surface area contributed by atoms with Gasteiger partial charge in [0.1, 0.15) is 0 Å². The van der Waals surface area contributed by atoms with Crippen LogP contribution in [0.3, 0.4) is 0 Å². The number of nitrogens with zero attached hydrogens (tertiary/aromatic N) is 2. The van der Waals surface area contributed by atoms with E-state index in [1.54, 1.807) is 0 Å². The quantitative estimate of drug-likeness (QED) is 0.204. The van der Waals surface area contributed by atoms with Crippen LogP contribution >= 0.6 is 63.7 Å². The first-order valence-electron chi connectivity index (χ1n) is 7.73. The van der Waals surface area contributed by atoms with Gasteiger partial charge in [-0.3, -0.25) is 20.2 Å². The molecule has 2 aromatic carbocycles. The minimum atomic E-state index is -3.99. The Bertz CT molecular complexity index is 947. The summed E-state index contributed by atoms with van der Waals surface area (Å²) in [5.74, 6) is 0. The molecule has 0 atom stereocenters. The third-order valence-electron chi connectivity index (χ3n) is 3.90. The molecule has 8 nitrogen and oxygen atoms in total. The molecule has 13 heteroatoms. The van der Waals surface area contributed by atoms with E-state index < -0.39 is 24.8 Å². The Hall–Kier alpha value is -0.890. The average Bonchev–Trinajstić information content (AvgIpc) is 2.61. The maximum Gasteiger partial charge on any atom is 0.269 e. The van der Waals surface area contributed by atoms with E-state index in [-0.39, 0.29) is 24.2 Å². The zero-order valence-electron chi connectivity index (χ0n) is 14.3. The molecule has 0 fully saturated rings. The van der Waals surface area contributed by atoms with Crippen LogP contribution in [-0.2, 0) is 22.7 Å². The number of sulfone groups is 1. The SMILES string of the molecule is O=[N+]([O-])c1ccc(CC(Br)(Br)S(=O)(=O)C(Br)(Br)Cc2ccc([N+](=O)[O-])cc2)cc1. The monoisotopic (exact) mass is 676 g/mol. The van der Waals surface area contributed by atoms with Gasteiger partial charge in [0.25, 0.3) is 11.4 Å². The van der Waals surface area contributed by atoms with E-state index in [0.717, 1.165) is 0 Å². The van der Waals surface area contributed by atoms with Gasteiger partial charge in [0.15, 0.2) is 5.13 Å². The number of rotatable bonds is 8. The number of nitro benzene ring substituents is 2. The van der Waals surface area contributed by atoms with Crippen molar-refractivity contribution in [3.8, 4) is 0 Å². The zero-order chi connectivity index (χ0) is 22.0. The molecule has 0 radical (unpaired) electrons. The van der Waals surface area contributed by atoms with Gasteiger partial charge in [-0.25, -0.2) is 8.42 Å². The minimum Gasteiger partial charge on any atom is -0.258 e. The van der Waals surface area contributed by atoms with Gasteiger partial charge in [-0.1, -0.05) is 88.0 Å². The van der Waals surface area contributed by atoms with E-state index in [2.05, 4.69) is 63.7 Å². The summed E-state index contributed by atoms with van der Waals surface area (Å²) in [6, 6.07) is 11.1. The lowest BCUT2D eigenvalue weighted by atomic mass is 10.1. The Kier molecular flexibility index (Phi) is 7.64. The van der Waals surface area contributed by atoms with Crippen LogP contribution in [0.4, 0.5) is 11.4 Å². The fourth-order valence-electron chi connectivity index (χ4n) is 2.35. The van der Waals surface area contributed by atoms with Gasteiger partial charge >= 0.3 is 0 Å². The smallest absolute Gasteiger partial charge is 0.258 e. The predicted octanol–water partition coefficient (Wildman–Crippen LogP) is 5.59. The molecule has 0 spiro atoms. The van der Waals surface area contributed by atoms with Crippen molar-refractivity contribution in [3.05, 3.63) is 79.9 Å². The Morgan fingerprint density at radius 1 is 0.690 bits per heavy atom. The van der Waals surface area contributed by atoms with Gasteiger partial charge in [-0.05, 0) is 11.1 Å². The van der Waals surface area contributed by atoms with Crippen LogP contribution in [0.15, 0.2) is 48.5 Å². The van der Waals surface area contributed by atoms with E-state index in [1.807, 2.05) is 0 Å². The zero-order valence-corrected chi connectivity index (χ0v) is 21.5. The first-order chi connectivity index (χ1) is 13.3. The van der Waals surface area contributed by atoms with Crippen LogP contribution in [0.5, 0.6) is 0 Å². The highest BCUT2D eigenvalue weighted by molar-refractivity contribution is 9.31. The van der Waals surface area contributed by atoms with E-state index in [4.69, 9.17) is 0 Å². The molecule has 0 saturated heterocycles. The molecule has 0 N–H and O–H groups in total. The minimum absolute atomic E-state index is 0.0213. The van der Waals surface area contributed by atoms with Gasteiger partial charge in [0.2, 0.25) is 9.84 Å². The maximum absolute atomic E-state index is 13.2. The fraction of sp³-hybridized carbons (Fsp3) is 0.250. The molecular formula is C16H12Br4N2O6S. The second-order valence-electron chi connectivity index (χ2n) is 5.98. The number of benzene rings is 2. The van der Waals surface area contributed by atoms with Gasteiger partial charge in [-0.15, -0.1) is 0 Å². The topological polar surface area (TPSA) is 120 Å². The summed E-state index contributed by atoms with van der Waals surface area (Å²) < 4.78 is 23.3. The summed E-state index contributed by atoms with van der Waals surface area (Å²) >= 11 is 12.9. The van der Waals surface area contributed by atoms with Crippen LogP contribution in [0, 0.1) is 20.2 Å². The molecule has 0 aromatic heterocycles. The van der Waals surface area contributed by atoms with E-state index in [0.29, 0.717) is 11.1 Å². The second-order valence-corrected chi connectivity index (χ2v) is 18.0. The highest BCUT2D eigenvalue weighted by atomic mass is 79.9. The molecule has 0 heterocycles. The Labute approximate surface area is 199 Å². The van der Waals surface area contributed by atoms with Crippen molar-refractivity contribution < 1.29 is 18.3 Å². The van der Waals surface area contributed by atoms with Gasteiger partial charge < -0.3 is 0 Å². The van der Waals surface area contributed by atoms with Crippen LogP contribution in [0.25, 0.3) is 0 Å². The molecule has 2 aromatic rings. The van der Waals surface area contributed by atoms with Crippen LogP contribution in [0.2, 0.25) is 0 Å². The molecule has 0 amide bonds. The lowest BCUT2D eigenvalue weighted by Crippen LogP contribution is -2.40. The fourth-order valence-corrected chi connectivity index (χ4v) is 10.7. The van der Waals surface area contributed by atoms with Crippen molar-refractivity contribution in [2.45, 2.75) is 18.0 Å². The van der Waals surface area contributed by atoms with Crippen molar-refractivity contribution >= 4 is 84.9 Å². The molecule has 0 unspecified atom stereocenters. The summed E-state index contributed by atoms with van der Waals surface area (Å²) in [5, 5.41) is 21.5. The van der Waals surface area contributed by atoms with Crippen molar-refractivity contribution in [1.82, 2.24) is 0 Å². The second kappa shape index (κ2) is 9.08. The largest absolute Gasteiger partial charge is 0.269 e. The molecule has 0 saturated carbocycles. The highest BCUT2D eigenvalue weighted by Gasteiger charge is 2.51. The van der Waals surface area contributed by atoms with E-state index in [1.165, 1.54) is 48.5 Å². The summed E-state index contributed by atoms with van der Waals surface area (Å²) in [6.07, 6.45) is -0.0426. The van der Waals surface area contributed by atoms with Crippen LogP contribution in [-0.4, -0.2) is 23.4 Å². The Morgan fingerprint density at radius 3 is 1.21 bits per heavy atom. The lowest BCUT2D eigenvalue weighted by molar-refractivity contribution is -0.385. The van der Waals surface area contributed by atoms with Crippen molar-refractivity contribution in [3.63, 3.8) is 0 Å². The lowest BCUT2D eigenvalue weighted by Gasteiger charge is -2.30. The van der Waals surface area contributed by atoms with E-state index in [9.17, 15) is 28.6 Å². The molecule has 0 aliphatic heterocycles. The van der Waals surface area contributed by atoms with Crippen molar-refractivity contribution in [1.29, 1.82) is 0 Å². The molecule has 29 heavy (non-hydrogen) atoms. The third-order valence-corrected chi connectivity index (χ3v) is 12.0. The number of alkyl halides is 4. The molecule has 156 valence electrons. The number of hydrogen-bond acceptors (Lipinski definition) is 6. The molecular weight excluding hydrogens is 668 g/mol. The van der Waals surface area contributed by atoms with Gasteiger partial charge in [0, 0.05) is 37.1 Å². The first kappa shape index (κ1) is 24.4. The van der Waals surface area contributed by atoms with Crippen LogP contribution < -0.4 is 0 Å². The number of hydrogen-bond donors (Lipinski definition) is 0. The molecule has 0 aliphatic carbocycles. The van der Waals surface area contributed by atoms with Crippen molar-refractivity contribution in [2.24, 2.45) is 0 Å². The van der Waals surface area contributed by atoms with Crippen molar-refractivity contribution in [2.75, 3.05) is 0 Å². The summed E-state index contributed by atoms with van der Waals surface area (Å²) in [6.45, 7) is 0. The molecule has 2 rings (SSSR count).